The first-order chi connectivity index (χ1) is 8.99. The highest BCUT2D eigenvalue weighted by atomic mass is 16.6. The minimum Gasteiger partial charge on any atom is -0.492 e. The molecule has 0 radical (unpaired) electrons. The predicted molar refractivity (Wildman–Crippen MR) is 64.2 cm³/mol. The van der Waals surface area contributed by atoms with Gasteiger partial charge >= 0.3 is 11.5 Å². The van der Waals surface area contributed by atoms with E-state index in [1.807, 2.05) is 6.07 Å². The van der Waals surface area contributed by atoms with E-state index in [4.69, 9.17) is 9.47 Å². The van der Waals surface area contributed by atoms with Gasteiger partial charge in [0.2, 0.25) is 0 Å². The first kappa shape index (κ1) is 12.0. The Balaban J connectivity index is 1.98. The summed E-state index contributed by atoms with van der Waals surface area (Å²) in [4.78, 5) is 22.7. The molecule has 0 unspecified atom stereocenters. The van der Waals surface area contributed by atoms with E-state index < -0.39 is 21.8 Å². The fraction of sp³-hybridized carbons (Fsp3) is 0.462. The Bertz CT molecular complexity index is 572. The zero-order valence-electron chi connectivity index (χ0n) is 10.4. The number of cyclic esters (lactones) is 1. The number of rotatable bonds is 1. The van der Waals surface area contributed by atoms with E-state index in [1.54, 1.807) is 25.1 Å². The zero-order chi connectivity index (χ0) is 13.7. The van der Waals surface area contributed by atoms with Crippen molar-refractivity contribution in [3.8, 4) is 5.75 Å². The van der Waals surface area contributed by atoms with Gasteiger partial charge < -0.3 is 9.47 Å². The van der Waals surface area contributed by atoms with Crippen LogP contribution in [0.3, 0.4) is 0 Å². The molecule has 2 atom stereocenters. The number of esters is 1. The molecule has 19 heavy (non-hydrogen) atoms. The maximum absolute atomic E-state index is 12.0. The maximum atomic E-state index is 12.0. The number of hydrogen-bond donors (Lipinski definition) is 0. The number of benzene rings is 1. The summed E-state index contributed by atoms with van der Waals surface area (Å²) >= 11 is 0. The Morgan fingerprint density at radius 2 is 2.05 bits per heavy atom. The molecule has 1 aliphatic carbocycles. The quantitative estimate of drug-likeness (QED) is 0.436. The molecular formula is C13H13NO5. The van der Waals surface area contributed by atoms with Crippen LogP contribution in [0.1, 0.15) is 18.9 Å². The summed E-state index contributed by atoms with van der Waals surface area (Å²) in [7, 11) is 0. The molecule has 1 aromatic rings. The average molecular weight is 263 g/mol. The molecule has 0 amide bonds. The molecule has 1 aliphatic heterocycles. The lowest BCUT2D eigenvalue weighted by Gasteiger charge is -2.13. The molecule has 6 nitrogen and oxygen atoms in total. The topological polar surface area (TPSA) is 78.7 Å². The van der Waals surface area contributed by atoms with Crippen molar-refractivity contribution in [1.82, 2.24) is 0 Å². The first-order valence-electron chi connectivity index (χ1n) is 6.02. The second kappa shape index (κ2) is 3.69. The van der Waals surface area contributed by atoms with Crippen molar-refractivity contribution in [2.45, 2.75) is 25.5 Å². The van der Waals surface area contributed by atoms with Crippen LogP contribution in [0.5, 0.6) is 5.75 Å². The average Bonchev–Trinajstić information content (AvgIpc) is 3.02. The summed E-state index contributed by atoms with van der Waals surface area (Å²) in [5, 5.41) is 11.2. The van der Waals surface area contributed by atoms with Gasteiger partial charge in [-0.25, -0.2) is 4.79 Å². The Morgan fingerprint density at radius 1 is 1.32 bits per heavy atom. The van der Waals surface area contributed by atoms with Crippen LogP contribution >= 0.6 is 0 Å². The van der Waals surface area contributed by atoms with E-state index in [1.165, 1.54) is 0 Å². The molecule has 1 aromatic carbocycles. The fourth-order valence-corrected chi connectivity index (χ4v) is 2.63. The highest BCUT2D eigenvalue weighted by Gasteiger charge is 2.82. The third-order valence-electron chi connectivity index (χ3n) is 4.05. The molecule has 1 fully saturated rings. The van der Waals surface area contributed by atoms with E-state index in [0.29, 0.717) is 5.75 Å². The Labute approximate surface area is 109 Å². The Hall–Kier alpha value is -2.11. The van der Waals surface area contributed by atoms with Crippen molar-refractivity contribution < 1.29 is 19.2 Å². The summed E-state index contributed by atoms with van der Waals surface area (Å²) < 4.78 is 10.8. The molecule has 3 rings (SSSR count). The van der Waals surface area contributed by atoms with E-state index in [0.717, 1.165) is 5.56 Å². The zero-order valence-corrected chi connectivity index (χ0v) is 10.4. The van der Waals surface area contributed by atoms with Gasteiger partial charge in [-0.2, -0.15) is 0 Å². The van der Waals surface area contributed by atoms with Gasteiger partial charge in [0.15, 0.2) is 0 Å². The molecule has 2 aliphatic rings. The third kappa shape index (κ3) is 1.52. The largest absolute Gasteiger partial charge is 0.492 e. The molecule has 0 saturated heterocycles. The summed E-state index contributed by atoms with van der Waals surface area (Å²) in [5.41, 5.74) is -1.72. The molecule has 0 spiro atoms. The predicted octanol–water partition coefficient (Wildman–Crippen LogP) is 1.55. The van der Waals surface area contributed by atoms with Crippen molar-refractivity contribution in [3.05, 3.63) is 39.9 Å². The van der Waals surface area contributed by atoms with Gasteiger partial charge in [-0.3, -0.25) is 10.1 Å². The van der Waals surface area contributed by atoms with Crippen LogP contribution in [0.15, 0.2) is 24.3 Å². The van der Waals surface area contributed by atoms with Gasteiger partial charge in [0.05, 0.1) is 5.41 Å². The van der Waals surface area contributed by atoms with Crippen molar-refractivity contribution in [2.24, 2.45) is 5.41 Å². The minimum absolute atomic E-state index is 0.000671. The number of nitrogens with zero attached hydrogens (tertiary/aromatic N) is 1. The normalized spacial score (nSPS) is 32.6. The molecule has 0 bridgehead atoms. The van der Waals surface area contributed by atoms with Gasteiger partial charge in [0.1, 0.15) is 19.0 Å². The van der Waals surface area contributed by atoms with Crippen molar-refractivity contribution in [3.63, 3.8) is 0 Å². The molecule has 1 heterocycles. The van der Waals surface area contributed by atoms with Gasteiger partial charge in [0.25, 0.3) is 0 Å². The van der Waals surface area contributed by atoms with E-state index in [-0.39, 0.29) is 19.6 Å². The minimum atomic E-state index is -1.64. The van der Waals surface area contributed by atoms with Crippen LogP contribution in [0.2, 0.25) is 0 Å². The smallest absolute Gasteiger partial charge is 0.385 e. The van der Waals surface area contributed by atoms with Crippen LogP contribution in [0.25, 0.3) is 0 Å². The van der Waals surface area contributed by atoms with Crippen LogP contribution in [0.4, 0.5) is 0 Å². The highest BCUT2D eigenvalue weighted by Crippen LogP contribution is 2.59. The number of nitro groups is 1. The van der Waals surface area contributed by atoms with Crippen LogP contribution in [-0.4, -0.2) is 23.0 Å². The molecule has 100 valence electrons. The molecule has 1 saturated carbocycles. The molecular weight excluding hydrogens is 250 g/mol. The van der Waals surface area contributed by atoms with Crippen LogP contribution in [0, 0.1) is 15.5 Å². The second-order valence-electron chi connectivity index (χ2n) is 5.33. The van der Waals surface area contributed by atoms with E-state index >= 15 is 0 Å². The number of fused-ring (bicyclic) bond motifs is 2. The lowest BCUT2D eigenvalue weighted by molar-refractivity contribution is -0.533. The van der Waals surface area contributed by atoms with Gasteiger partial charge in [0, 0.05) is 16.9 Å². The number of carbonyl (C=O) groups excluding carboxylic acids is 1. The molecule has 6 heteroatoms. The Morgan fingerprint density at radius 3 is 2.79 bits per heavy atom. The van der Waals surface area contributed by atoms with Crippen LogP contribution < -0.4 is 4.74 Å². The summed E-state index contributed by atoms with van der Waals surface area (Å²) in [6, 6.07) is 7.17. The van der Waals surface area contributed by atoms with Gasteiger partial charge in [-0.1, -0.05) is 18.2 Å². The van der Waals surface area contributed by atoms with Gasteiger partial charge in [-0.05, 0) is 13.0 Å². The number of hydrogen-bond acceptors (Lipinski definition) is 5. The Kier molecular flexibility index (Phi) is 2.32. The standard InChI is InChI=1S/C13H13NO5/c1-12-7-13(12,14(16)17)11(15)18-6-9-4-2-3-5-10(9)19-8-12/h2-5H,6-8H2,1H3/t12-,13+/m0/s1. The SMILES string of the molecule is C[C@]12COc3ccccc3COC(=O)[C@]1([N+](=O)[O-])C2. The summed E-state index contributed by atoms with van der Waals surface area (Å²) in [5.74, 6) is -0.150. The molecule has 0 N–H and O–H groups in total. The lowest BCUT2D eigenvalue weighted by atomic mass is 10.0. The van der Waals surface area contributed by atoms with E-state index in [9.17, 15) is 14.9 Å². The third-order valence-corrected chi connectivity index (χ3v) is 4.05. The number of para-hydroxylation sites is 1. The van der Waals surface area contributed by atoms with Crippen molar-refractivity contribution in [2.75, 3.05) is 6.61 Å². The fourth-order valence-electron chi connectivity index (χ4n) is 2.63. The lowest BCUT2D eigenvalue weighted by Crippen LogP contribution is -2.40. The summed E-state index contributed by atoms with van der Waals surface area (Å²) in [6.45, 7) is 1.83. The number of ether oxygens (including phenoxy) is 2. The highest BCUT2D eigenvalue weighted by molar-refractivity contribution is 5.85. The second-order valence-corrected chi connectivity index (χ2v) is 5.33. The maximum Gasteiger partial charge on any atom is 0.385 e. The first-order valence-corrected chi connectivity index (χ1v) is 6.02. The van der Waals surface area contributed by atoms with Crippen molar-refractivity contribution in [1.29, 1.82) is 0 Å². The van der Waals surface area contributed by atoms with E-state index in [2.05, 4.69) is 0 Å². The van der Waals surface area contributed by atoms with Crippen molar-refractivity contribution >= 4 is 5.97 Å². The van der Waals surface area contributed by atoms with Gasteiger partial charge in [-0.15, -0.1) is 0 Å². The monoisotopic (exact) mass is 263 g/mol. The number of carbonyl (C=O) groups is 1. The van der Waals surface area contributed by atoms with Crippen LogP contribution in [-0.2, 0) is 16.1 Å². The summed E-state index contributed by atoms with van der Waals surface area (Å²) in [6.07, 6.45) is 0.161. The molecule has 0 aromatic heterocycles.